The van der Waals surface area contributed by atoms with Gasteiger partial charge in [0.1, 0.15) is 5.75 Å². The van der Waals surface area contributed by atoms with E-state index in [2.05, 4.69) is 20.6 Å². The topological polar surface area (TPSA) is 57.4 Å². The van der Waals surface area contributed by atoms with Gasteiger partial charge in [0.05, 0.1) is 24.9 Å². The second-order valence-corrected chi connectivity index (χ2v) is 5.93. The fourth-order valence-electron chi connectivity index (χ4n) is 3.08. The molecule has 2 N–H and O–H groups in total. The van der Waals surface area contributed by atoms with Gasteiger partial charge in [-0.1, -0.05) is 6.07 Å². The normalized spacial score (nSPS) is 10.6. The second kappa shape index (κ2) is 6.26. The standard InChI is InChI=1S/C21H16N4O/c1-23-16-3-8-21-19(10-16)20(14-9-15(22)12-24-11-14)13-25(21)17-4-6-18(26-2)7-5-17/h3-13H,22H2,2H3. The molecule has 26 heavy (non-hydrogen) atoms. The van der Waals surface area contributed by atoms with E-state index < -0.39 is 0 Å². The van der Waals surface area contributed by atoms with Crippen LogP contribution in [0.4, 0.5) is 11.4 Å². The number of fused-ring (bicyclic) bond motifs is 1. The van der Waals surface area contributed by atoms with Crippen LogP contribution in [-0.2, 0) is 0 Å². The zero-order chi connectivity index (χ0) is 18.1. The number of pyridine rings is 1. The number of hydrogen-bond donors (Lipinski definition) is 1. The molecule has 0 bridgehead atoms. The maximum atomic E-state index is 7.32. The average molecular weight is 340 g/mol. The lowest BCUT2D eigenvalue weighted by atomic mass is 10.1. The zero-order valence-corrected chi connectivity index (χ0v) is 14.2. The Morgan fingerprint density at radius 3 is 2.58 bits per heavy atom. The average Bonchev–Trinajstić information content (AvgIpc) is 3.06. The minimum absolute atomic E-state index is 0.600. The molecule has 0 radical (unpaired) electrons. The van der Waals surface area contributed by atoms with Crippen LogP contribution in [-0.4, -0.2) is 16.7 Å². The highest BCUT2D eigenvalue weighted by Crippen LogP contribution is 2.35. The summed E-state index contributed by atoms with van der Waals surface area (Å²) < 4.78 is 7.34. The molecule has 4 rings (SSSR count). The maximum absolute atomic E-state index is 7.32. The van der Waals surface area contributed by atoms with Crippen molar-refractivity contribution >= 4 is 22.3 Å². The van der Waals surface area contributed by atoms with Gasteiger partial charge in [0.15, 0.2) is 5.69 Å². The van der Waals surface area contributed by atoms with Crippen LogP contribution in [0.2, 0.25) is 0 Å². The minimum Gasteiger partial charge on any atom is -0.497 e. The van der Waals surface area contributed by atoms with Crippen LogP contribution >= 0.6 is 0 Å². The Hall–Kier alpha value is -3.78. The number of methoxy groups -OCH3 is 1. The summed E-state index contributed by atoms with van der Waals surface area (Å²) in [5, 5.41) is 0.988. The highest BCUT2D eigenvalue weighted by molar-refractivity contribution is 5.99. The van der Waals surface area contributed by atoms with E-state index in [1.165, 1.54) is 0 Å². The molecular formula is C21H16N4O. The number of rotatable bonds is 3. The minimum atomic E-state index is 0.600. The first kappa shape index (κ1) is 15.7. The van der Waals surface area contributed by atoms with Crippen molar-refractivity contribution in [1.29, 1.82) is 0 Å². The van der Waals surface area contributed by atoms with Crippen molar-refractivity contribution in [2.45, 2.75) is 0 Å². The molecule has 0 spiro atoms. The lowest BCUT2D eigenvalue weighted by Gasteiger charge is -2.06. The van der Waals surface area contributed by atoms with E-state index in [-0.39, 0.29) is 0 Å². The number of anilines is 1. The molecule has 0 unspecified atom stereocenters. The molecule has 0 aliphatic rings. The van der Waals surface area contributed by atoms with Crippen molar-refractivity contribution in [2.24, 2.45) is 0 Å². The number of hydrogen-bond acceptors (Lipinski definition) is 3. The summed E-state index contributed by atoms with van der Waals surface area (Å²) in [6, 6.07) is 15.5. The molecule has 2 aromatic carbocycles. The summed E-state index contributed by atoms with van der Waals surface area (Å²) in [6.07, 6.45) is 5.46. The predicted molar refractivity (Wildman–Crippen MR) is 104 cm³/mol. The first-order valence-corrected chi connectivity index (χ1v) is 8.07. The first-order valence-electron chi connectivity index (χ1n) is 8.07. The zero-order valence-electron chi connectivity index (χ0n) is 14.2. The molecule has 5 heteroatoms. The number of nitrogens with two attached hydrogens (primary N) is 1. The van der Waals surface area contributed by atoms with Crippen LogP contribution in [0.1, 0.15) is 0 Å². The lowest BCUT2D eigenvalue weighted by molar-refractivity contribution is 0.415. The molecule has 0 aliphatic carbocycles. The van der Waals surface area contributed by atoms with Crippen molar-refractivity contribution in [2.75, 3.05) is 12.8 Å². The fourth-order valence-corrected chi connectivity index (χ4v) is 3.08. The Labute approximate surface area is 151 Å². The highest BCUT2D eigenvalue weighted by atomic mass is 16.5. The molecule has 0 atom stereocenters. The van der Waals surface area contributed by atoms with E-state index in [0.717, 1.165) is 33.5 Å². The number of aromatic nitrogens is 2. The van der Waals surface area contributed by atoms with Crippen molar-refractivity contribution in [3.05, 3.63) is 78.5 Å². The van der Waals surface area contributed by atoms with Crippen LogP contribution < -0.4 is 10.5 Å². The van der Waals surface area contributed by atoms with Gasteiger partial charge in [-0.3, -0.25) is 4.98 Å². The van der Waals surface area contributed by atoms with Gasteiger partial charge < -0.3 is 15.0 Å². The Morgan fingerprint density at radius 2 is 1.88 bits per heavy atom. The Morgan fingerprint density at radius 1 is 1.08 bits per heavy atom. The molecule has 0 saturated heterocycles. The summed E-state index contributed by atoms with van der Waals surface area (Å²) in [5.41, 5.74) is 11.1. The molecule has 0 aliphatic heterocycles. The first-order chi connectivity index (χ1) is 12.7. The Bertz CT molecular complexity index is 1140. The van der Waals surface area contributed by atoms with E-state index >= 15 is 0 Å². The van der Waals surface area contributed by atoms with E-state index in [1.54, 1.807) is 19.5 Å². The van der Waals surface area contributed by atoms with Crippen LogP contribution in [0.5, 0.6) is 5.75 Å². The van der Waals surface area contributed by atoms with E-state index in [4.69, 9.17) is 17.0 Å². The predicted octanol–water partition coefficient (Wildman–Crippen LogP) is 4.83. The van der Waals surface area contributed by atoms with E-state index in [1.807, 2.05) is 48.5 Å². The summed E-state index contributed by atoms with van der Waals surface area (Å²) in [4.78, 5) is 7.77. The summed E-state index contributed by atoms with van der Waals surface area (Å²) in [7, 11) is 1.65. The van der Waals surface area contributed by atoms with Crippen molar-refractivity contribution in [3.8, 4) is 22.6 Å². The van der Waals surface area contributed by atoms with Crippen LogP contribution in [0.25, 0.3) is 32.6 Å². The van der Waals surface area contributed by atoms with E-state index in [9.17, 15) is 0 Å². The van der Waals surface area contributed by atoms with Crippen molar-refractivity contribution in [3.63, 3.8) is 0 Å². The van der Waals surface area contributed by atoms with E-state index in [0.29, 0.717) is 11.4 Å². The van der Waals surface area contributed by atoms with Crippen LogP contribution in [0.15, 0.2) is 67.1 Å². The molecule has 4 aromatic rings. The second-order valence-electron chi connectivity index (χ2n) is 5.93. The van der Waals surface area contributed by atoms with Gasteiger partial charge in [0.25, 0.3) is 0 Å². The molecular weight excluding hydrogens is 324 g/mol. The Kier molecular flexibility index (Phi) is 3.79. The summed E-state index contributed by atoms with van der Waals surface area (Å²) in [6.45, 7) is 7.32. The van der Waals surface area contributed by atoms with Crippen LogP contribution in [0, 0.1) is 6.57 Å². The Balaban J connectivity index is 1.98. The summed E-state index contributed by atoms with van der Waals surface area (Å²) in [5.74, 6) is 0.806. The monoisotopic (exact) mass is 340 g/mol. The maximum Gasteiger partial charge on any atom is 0.188 e. The fraction of sp³-hybridized carbons (Fsp3) is 0.0476. The molecule has 126 valence electrons. The molecule has 2 heterocycles. The number of ether oxygens (including phenoxy) is 1. The molecule has 0 fully saturated rings. The third-order valence-corrected chi connectivity index (χ3v) is 4.34. The largest absolute Gasteiger partial charge is 0.497 e. The smallest absolute Gasteiger partial charge is 0.188 e. The third kappa shape index (κ3) is 2.64. The molecule has 5 nitrogen and oxygen atoms in total. The van der Waals surface area contributed by atoms with Gasteiger partial charge in [-0.2, -0.15) is 0 Å². The van der Waals surface area contributed by atoms with Gasteiger partial charge >= 0.3 is 0 Å². The molecule has 2 aromatic heterocycles. The number of benzene rings is 2. The van der Waals surface area contributed by atoms with Gasteiger partial charge in [0, 0.05) is 35.4 Å². The third-order valence-electron chi connectivity index (χ3n) is 4.34. The van der Waals surface area contributed by atoms with Crippen molar-refractivity contribution in [1.82, 2.24) is 9.55 Å². The quantitative estimate of drug-likeness (QED) is 0.543. The van der Waals surface area contributed by atoms with Gasteiger partial charge in [-0.25, -0.2) is 4.85 Å². The van der Waals surface area contributed by atoms with Gasteiger partial charge in [-0.05, 0) is 47.9 Å². The molecule has 0 saturated carbocycles. The highest BCUT2D eigenvalue weighted by Gasteiger charge is 2.13. The summed E-state index contributed by atoms with van der Waals surface area (Å²) >= 11 is 0. The number of nitrogens with zero attached hydrogens (tertiary/aromatic N) is 3. The van der Waals surface area contributed by atoms with Crippen molar-refractivity contribution < 1.29 is 4.74 Å². The number of nitrogen functional groups attached to an aromatic ring is 1. The van der Waals surface area contributed by atoms with Gasteiger partial charge in [-0.15, -0.1) is 0 Å². The lowest BCUT2D eigenvalue weighted by Crippen LogP contribution is -1.92. The van der Waals surface area contributed by atoms with Gasteiger partial charge in [0.2, 0.25) is 0 Å². The SMILES string of the molecule is [C-]#[N+]c1ccc2c(c1)c(-c1cncc(N)c1)cn2-c1ccc(OC)cc1. The molecule has 0 amide bonds. The van der Waals surface area contributed by atoms with Crippen LogP contribution in [0.3, 0.4) is 0 Å².